The van der Waals surface area contributed by atoms with Gasteiger partial charge in [-0.05, 0) is 67.7 Å². The number of ether oxygens (including phenoxy) is 10. The quantitative estimate of drug-likeness (QED) is 0.151. The molecule has 9 rings (SSSR count). The third-order valence-corrected chi connectivity index (χ3v) is 14.2. The maximum Gasteiger partial charge on any atom is 0.338 e. The standard InChI is InChI=1S/C47H64O14/c1-7-11-34-41(59-46(51)28-12-9-8-10-13-28)45-44-43(57-34)42-38(58-44)23-47(60-42,61-45)17-16-31-19-26(3)33(54-31)15-14-30-18-25(2)27(4)35(55-30)22-36-32(21-39(50)52-5)40(53-6)37(56-36)20-29(49)24-48/h7-10,12-13,25,29-38,40-45,48-49H,1,3-4,11,14-24H2,2,5-6H3/t25-,29+,30+,31+,32+,33?,34+,35-,36?,37-,38-,40-,41+,42+,43+,44-,45+,47+/m1/s1. The van der Waals surface area contributed by atoms with Crippen molar-refractivity contribution in [3.8, 4) is 0 Å². The van der Waals surface area contributed by atoms with E-state index in [0.29, 0.717) is 37.7 Å². The van der Waals surface area contributed by atoms with E-state index in [0.717, 1.165) is 36.8 Å². The summed E-state index contributed by atoms with van der Waals surface area (Å²) in [5.74, 6) is -1.86. The molecular formula is C47H64O14. The molecule has 6 bridgehead atoms. The topological polar surface area (TPSA) is 167 Å². The summed E-state index contributed by atoms with van der Waals surface area (Å²) >= 11 is 0. The van der Waals surface area contributed by atoms with E-state index in [-0.39, 0.29) is 73.4 Å². The Morgan fingerprint density at radius 1 is 0.902 bits per heavy atom. The lowest BCUT2D eigenvalue weighted by molar-refractivity contribution is -0.272. The van der Waals surface area contributed by atoms with Crippen LogP contribution in [0.1, 0.15) is 87.9 Å². The zero-order valence-corrected chi connectivity index (χ0v) is 35.7. The molecule has 336 valence electrons. The van der Waals surface area contributed by atoms with Gasteiger partial charge in [-0.2, -0.15) is 0 Å². The summed E-state index contributed by atoms with van der Waals surface area (Å²) in [6, 6.07) is 8.92. The number of aliphatic hydroxyl groups is 2. The average molecular weight is 853 g/mol. The van der Waals surface area contributed by atoms with Gasteiger partial charge >= 0.3 is 11.9 Å². The highest BCUT2D eigenvalue weighted by molar-refractivity contribution is 5.89. The normalized spacial score (nSPS) is 41.8. The van der Waals surface area contributed by atoms with Gasteiger partial charge in [-0.15, -0.1) is 6.58 Å². The summed E-state index contributed by atoms with van der Waals surface area (Å²) in [7, 11) is 2.93. The zero-order valence-electron chi connectivity index (χ0n) is 35.7. The second kappa shape index (κ2) is 19.0. The monoisotopic (exact) mass is 852 g/mol. The van der Waals surface area contributed by atoms with Gasteiger partial charge in [0.1, 0.15) is 30.5 Å². The molecule has 2 N–H and O–H groups in total. The summed E-state index contributed by atoms with van der Waals surface area (Å²) in [5, 5.41) is 19.7. The molecule has 0 spiro atoms. The first-order chi connectivity index (χ1) is 29.4. The minimum absolute atomic E-state index is 0.0457. The predicted molar refractivity (Wildman–Crippen MR) is 219 cm³/mol. The Labute approximate surface area is 358 Å². The third kappa shape index (κ3) is 9.31. The second-order valence-electron chi connectivity index (χ2n) is 18.2. The van der Waals surface area contributed by atoms with Crippen molar-refractivity contribution in [3.63, 3.8) is 0 Å². The van der Waals surface area contributed by atoms with E-state index in [4.69, 9.17) is 47.4 Å². The fraction of sp³-hybridized carbons (Fsp3) is 0.702. The number of hydrogen-bond donors (Lipinski definition) is 2. The van der Waals surface area contributed by atoms with Crippen molar-refractivity contribution in [1.82, 2.24) is 0 Å². The number of methoxy groups -OCH3 is 2. The van der Waals surface area contributed by atoms with Gasteiger partial charge in [0.05, 0.1) is 80.6 Å². The van der Waals surface area contributed by atoms with Crippen LogP contribution in [-0.4, -0.2) is 140 Å². The smallest absolute Gasteiger partial charge is 0.338 e. The fourth-order valence-electron chi connectivity index (χ4n) is 11.0. The van der Waals surface area contributed by atoms with Gasteiger partial charge in [0.25, 0.3) is 0 Å². The molecule has 8 heterocycles. The molecule has 8 fully saturated rings. The first-order valence-electron chi connectivity index (χ1n) is 22.2. The van der Waals surface area contributed by atoms with E-state index < -0.39 is 67.2 Å². The fourth-order valence-corrected chi connectivity index (χ4v) is 11.0. The Kier molecular flexibility index (Phi) is 13.9. The Balaban J connectivity index is 0.870. The minimum atomic E-state index is -0.970. The molecule has 0 aliphatic carbocycles. The second-order valence-corrected chi connectivity index (χ2v) is 18.2. The van der Waals surface area contributed by atoms with Crippen molar-refractivity contribution in [3.05, 3.63) is 72.9 Å². The van der Waals surface area contributed by atoms with E-state index in [9.17, 15) is 19.8 Å². The van der Waals surface area contributed by atoms with Gasteiger partial charge in [0, 0.05) is 38.7 Å². The van der Waals surface area contributed by atoms with Crippen molar-refractivity contribution in [2.24, 2.45) is 11.8 Å². The van der Waals surface area contributed by atoms with Crippen LogP contribution in [-0.2, 0) is 52.2 Å². The summed E-state index contributed by atoms with van der Waals surface area (Å²) in [4.78, 5) is 25.8. The number of carbonyl (C=O) groups excluding carboxylic acids is 2. The molecule has 18 atom stereocenters. The van der Waals surface area contributed by atoms with Crippen molar-refractivity contribution >= 4 is 11.9 Å². The van der Waals surface area contributed by atoms with Crippen molar-refractivity contribution in [2.45, 2.75) is 175 Å². The molecule has 8 saturated heterocycles. The number of benzene rings is 1. The van der Waals surface area contributed by atoms with Gasteiger partial charge in [-0.25, -0.2) is 4.79 Å². The molecule has 0 amide bonds. The summed E-state index contributed by atoms with van der Waals surface area (Å²) in [6.07, 6.45) is 2.09. The maximum atomic E-state index is 13.3. The lowest BCUT2D eigenvalue weighted by Crippen LogP contribution is -2.59. The van der Waals surface area contributed by atoms with Crippen molar-refractivity contribution in [1.29, 1.82) is 0 Å². The minimum Gasteiger partial charge on any atom is -0.469 e. The Bertz CT molecular complexity index is 1740. The molecule has 14 nitrogen and oxygen atoms in total. The molecule has 0 radical (unpaired) electrons. The maximum absolute atomic E-state index is 13.3. The summed E-state index contributed by atoms with van der Waals surface area (Å²) in [5.41, 5.74) is 2.49. The number of hydrogen-bond acceptors (Lipinski definition) is 14. The summed E-state index contributed by atoms with van der Waals surface area (Å²) < 4.78 is 63.6. The third-order valence-electron chi connectivity index (χ3n) is 14.2. The van der Waals surface area contributed by atoms with E-state index in [2.05, 4.69) is 26.7 Å². The Morgan fingerprint density at radius 3 is 2.39 bits per heavy atom. The molecule has 8 aliphatic rings. The predicted octanol–water partition coefficient (Wildman–Crippen LogP) is 4.93. The molecule has 0 aromatic heterocycles. The Morgan fingerprint density at radius 2 is 1.66 bits per heavy atom. The first kappa shape index (κ1) is 44.6. The molecule has 2 unspecified atom stereocenters. The van der Waals surface area contributed by atoms with Crippen molar-refractivity contribution in [2.75, 3.05) is 20.8 Å². The van der Waals surface area contributed by atoms with Gasteiger partial charge in [0.2, 0.25) is 0 Å². The lowest BCUT2D eigenvalue weighted by Gasteiger charge is -2.43. The van der Waals surface area contributed by atoms with Crippen LogP contribution in [0.3, 0.4) is 0 Å². The molecule has 14 heteroatoms. The zero-order chi connectivity index (χ0) is 43.0. The molecule has 1 aromatic carbocycles. The van der Waals surface area contributed by atoms with E-state index in [1.165, 1.54) is 7.11 Å². The van der Waals surface area contributed by atoms with Gasteiger partial charge < -0.3 is 57.6 Å². The highest BCUT2D eigenvalue weighted by Gasteiger charge is 2.68. The highest BCUT2D eigenvalue weighted by atomic mass is 16.8. The SMILES string of the molecule is C=CC[C@@H]1O[C@@H]2[C@H]3O[C@@H]4C[C@](CC[C@H]5CC(=C)C(CC[C@H]6C[C@@H](C)C(=C)[C@@H](CC7O[C@H](C[C@H](O)CO)[C@H](OC)[C@H]7CC(=O)OC)O6)O5)(O[C@H]3[C@H]1OC(=O)c1ccccc1)O[C@H]24. The van der Waals surface area contributed by atoms with Crippen LogP contribution in [0.5, 0.6) is 0 Å². The summed E-state index contributed by atoms with van der Waals surface area (Å²) in [6.45, 7) is 14.5. The highest BCUT2D eigenvalue weighted by Crippen LogP contribution is 2.53. The first-order valence-corrected chi connectivity index (χ1v) is 22.2. The number of aliphatic hydroxyl groups excluding tert-OH is 2. The van der Waals surface area contributed by atoms with E-state index in [1.54, 1.807) is 37.5 Å². The molecule has 1 aromatic rings. The Hall–Kier alpha value is -3.02. The lowest BCUT2D eigenvalue weighted by atomic mass is 9.82. The van der Waals surface area contributed by atoms with Crippen molar-refractivity contribution < 1.29 is 67.2 Å². The number of rotatable bonds is 18. The number of carbonyl (C=O) groups is 2. The van der Waals surface area contributed by atoms with Crippen LogP contribution in [0.25, 0.3) is 0 Å². The molecule has 61 heavy (non-hydrogen) atoms. The van der Waals surface area contributed by atoms with Gasteiger partial charge in [-0.3, -0.25) is 4.79 Å². The van der Waals surface area contributed by atoms with Crippen LogP contribution in [0, 0.1) is 11.8 Å². The van der Waals surface area contributed by atoms with Gasteiger partial charge in [0.15, 0.2) is 11.9 Å². The molecule has 0 saturated carbocycles. The van der Waals surface area contributed by atoms with Crippen LogP contribution in [0.4, 0.5) is 0 Å². The number of esters is 2. The molecule has 8 aliphatic heterocycles. The largest absolute Gasteiger partial charge is 0.469 e. The average Bonchev–Trinajstić information content (AvgIpc) is 3.94. The van der Waals surface area contributed by atoms with E-state index in [1.807, 2.05) is 6.07 Å². The van der Waals surface area contributed by atoms with E-state index >= 15 is 0 Å². The van der Waals surface area contributed by atoms with Gasteiger partial charge in [-0.1, -0.05) is 44.4 Å². The molecular weight excluding hydrogens is 789 g/mol. The van der Waals surface area contributed by atoms with Crippen LogP contribution < -0.4 is 0 Å². The van der Waals surface area contributed by atoms with Crippen LogP contribution >= 0.6 is 0 Å². The van der Waals surface area contributed by atoms with Crippen LogP contribution in [0.15, 0.2) is 67.3 Å². The van der Waals surface area contributed by atoms with Crippen LogP contribution in [0.2, 0.25) is 0 Å².